The standard InChI is InChI=1S/C29H32FN3O3/c1-2-36-27-17-26(20-5-7-23(30)8-6-20)25(19-3-4-19)15-22(27)18-32-12-10-24(11-13-32)33-14-9-21(29(31)35)16-28(33)34/h5-9,14-17,19,24H,2-4,10-13,18H2,1H3,(H2,31,35). The molecule has 2 N–H and O–H groups in total. The highest BCUT2D eigenvalue weighted by atomic mass is 19.1. The molecule has 0 atom stereocenters. The molecule has 188 valence electrons. The maximum Gasteiger partial charge on any atom is 0.251 e. The number of nitrogens with two attached hydrogens (primary N) is 1. The van der Waals surface area contributed by atoms with Gasteiger partial charge in [0.25, 0.3) is 5.56 Å². The van der Waals surface area contributed by atoms with Gasteiger partial charge in [-0.25, -0.2) is 4.39 Å². The van der Waals surface area contributed by atoms with Crippen LogP contribution in [0, 0.1) is 5.82 Å². The number of rotatable bonds is 8. The van der Waals surface area contributed by atoms with Gasteiger partial charge in [-0.1, -0.05) is 12.1 Å². The van der Waals surface area contributed by atoms with Crippen LogP contribution in [0.3, 0.4) is 0 Å². The number of carbonyl (C=O) groups is 1. The van der Waals surface area contributed by atoms with Gasteiger partial charge in [0.15, 0.2) is 0 Å². The van der Waals surface area contributed by atoms with Crippen molar-refractivity contribution in [2.75, 3.05) is 19.7 Å². The Labute approximate surface area is 210 Å². The van der Waals surface area contributed by atoms with Crippen LogP contribution >= 0.6 is 0 Å². The number of piperidine rings is 1. The van der Waals surface area contributed by atoms with Gasteiger partial charge in [0.1, 0.15) is 11.6 Å². The molecule has 1 aromatic heterocycles. The van der Waals surface area contributed by atoms with Crippen molar-refractivity contribution in [3.05, 3.63) is 87.6 Å². The molecule has 6 nitrogen and oxygen atoms in total. The van der Waals surface area contributed by atoms with E-state index in [2.05, 4.69) is 17.0 Å². The lowest BCUT2D eigenvalue weighted by Crippen LogP contribution is -2.37. The minimum absolute atomic E-state index is 0.102. The second kappa shape index (κ2) is 10.3. The molecular weight excluding hydrogens is 457 g/mol. The normalized spacial score (nSPS) is 16.7. The Morgan fingerprint density at radius 3 is 2.39 bits per heavy atom. The summed E-state index contributed by atoms with van der Waals surface area (Å²) in [7, 11) is 0. The SMILES string of the molecule is CCOc1cc(-c2ccc(F)cc2)c(C2CC2)cc1CN1CCC(n2ccc(C(N)=O)cc2=O)CC1. The maximum absolute atomic E-state index is 13.5. The summed E-state index contributed by atoms with van der Waals surface area (Å²) in [5.41, 5.74) is 9.98. The molecule has 5 rings (SSSR count). The molecular formula is C29H32FN3O3. The molecule has 7 heteroatoms. The van der Waals surface area contributed by atoms with E-state index < -0.39 is 5.91 Å². The third-order valence-corrected chi connectivity index (χ3v) is 7.28. The third kappa shape index (κ3) is 5.21. The summed E-state index contributed by atoms with van der Waals surface area (Å²) in [6.07, 6.45) is 5.74. The van der Waals surface area contributed by atoms with Crippen LogP contribution in [0.2, 0.25) is 0 Å². The summed E-state index contributed by atoms with van der Waals surface area (Å²) in [5.74, 6) is 0.597. The number of hydrogen-bond donors (Lipinski definition) is 1. The molecule has 1 aliphatic heterocycles. The Balaban J connectivity index is 1.34. The van der Waals surface area contributed by atoms with Crippen LogP contribution in [-0.4, -0.2) is 35.1 Å². The highest BCUT2D eigenvalue weighted by molar-refractivity contribution is 5.92. The Hall–Kier alpha value is -3.45. The molecule has 1 saturated carbocycles. The summed E-state index contributed by atoms with van der Waals surface area (Å²) in [6, 6.07) is 14.2. The predicted octanol–water partition coefficient (Wildman–Crippen LogP) is 4.87. The van der Waals surface area contributed by atoms with Crippen LogP contribution in [0.5, 0.6) is 5.75 Å². The Bertz CT molecular complexity index is 1310. The van der Waals surface area contributed by atoms with Gasteiger partial charge in [-0.15, -0.1) is 0 Å². The van der Waals surface area contributed by atoms with Gasteiger partial charge in [0.2, 0.25) is 5.91 Å². The van der Waals surface area contributed by atoms with E-state index in [1.807, 2.05) is 19.1 Å². The average Bonchev–Trinajstić information content (AvgIpc) is 3.71. The molecule has 3 aromatic rings. The Morgan fingerprint density at radius 1 is 1.06 bits per heavy atom. The van der Waals surface area contributed by atoms with Crippen molar-refractivity contribution in [2.45, 2.75) is 51.1 Å². The first-order valence-corrected chi connectivity index (χ1v) is 12.7. The van der Waals surface area contributed by atoms with Crippen LogP contribution in [0.1, 0.15) is 66.1 Å². The summed E-state index contributed by atoms with van der Waals surface area (Å²) in [4.78, 5) is 26.3. The summed E-state index contributed by atoms with van der Waals surface area (Å²) < 4.78 is 21.3. The van der Waals surface area contributed by atoms with Crippen LogP contribution in [0.15, 0.2) is 59.5 Å². The molecule has 1 amide bonds. The van der Waals surface area contributed by atoms with Gasteiger partial charge < -0.3 is 15.0 Å². The van der Waals surface area contributed by atoms with Crippen molar-refractivity contribution in [1.29, 1.82) is 0 Å². The number of hydrogen-bond acceptors (Lipinski definition) is 4. The van der Waals surface area contributed by atoms with Gasteiger partial charge in [-0.05, 0) is 85.5 Å². The first-order chi connectivity index (χ1) is 17.4. The molecule has 0 radical (unpaired) electrons. The van der Waals surface area contributed by atoms with Gasteiger partial charge in [0.05, 0.1) is 6.61 Å². The summed E-state index contributed by atoms with van der Waals surface area (Å²) in [6.45, 7) is 5.06. The van der Waals surface area contributed by atoms with E-state index in [0.717, 1.165) is 49.4 Å². The second-order valence-corrected chi connectivity index (χ2v) is 9.79. The van der Waals surface area contributed by atoms with Crippen LogP contribution < -0.4 is 16.0 Å². The number of amides is 1. The van der Waals surface area contributed by atoms with E-state index in [9.17, 15) is 14.0 Å². The second-order valence-electron chi connectivity index (χ2n) is 9.79. The molecule has 1 aliphatic carbocycles. The van der Waals surface area contributed by atoms with Gasteiger partial charge in [0, 0.05) is 49.1 Å². The van der Waals surface area contributed by atoms with E-state index >= 15 is 0 Å². The van der Waals surface area contributed by atoms with Gasteiger partial charge in [-0.3, -0.25) is 14.5 Å². The molecule has 2 aromatic carbocycles. The van der Waals surface area contributed by atoms with Gasteiger partial charge >= 0.3 is 0 Å². The molecule has 0 spiro atoms. The number of halogens is 1. The first kappa shape index (κ1) is 24.3. The zero-order chi connectivity index (χ0) is 25.2. The predicted molar refractivity (Wildman–Crippen MR) is 138 cm³/mol. The number of primary amides is 1. The summed E-state index contributed by atoms with van der Waals surface area (Å²) >= 11 is 0. The van der Waals surface area contributed by atoms with Crippen LogP contribution in [-0.2, 0) is 6.54 Å². The van der Waals surface area contributed by atoms with E-state index in [1.54, 1.807) is 16.8 Å². The van der Waals surface area contributed by atoms with E-state index in [0.29, 0.717) is 12.5 Å². The number of nitrogens with zero attached hydrogens (tertiary/aromatic N) is 2. The fraction of sp³-hybridized carbons (Fsp3) is 0.379. The van der Waals surface area contributed by atoms with Crippen molar-refractivity contribution in [3.8, 4) is 16.9 Å². The minimum atomic E-state index is -0.588. The van der Waals surface area contributed by atoms with Crippen molar-refractivity contribution >= 4 is 5.91 Å². The minimum Gasteiger partial charge on any atom is -0.494 e. The topological polar surface area (TPSA) is 77.6 Å². The van der Waals surface area contributed by atoms with Crippen LogP contribution in [0.4, 0.5) is 4.39 Å². The van der Waals surface area contributed by atoms with E-state index in [4.69, 9.17) is 10.5 Å². The number of likely N-dealkylation sites (tertiary alicyclic amines) is 1. The van der Waals surface area contributed by atoms with Crippen molar-refractivity contribution in [1.82, 2.24) is 9.47 Å². The fourth-order valence-corrected chi connectivity index (χ4v) is 5.21. The van der Waals surface area contributed by atoms with Crippen molar-refractivity contribution in [2.24, 2.45) is 5.73 Å². The highest BCUT2D eigenvalue weighted by Crippen LogP contribution is 2.46. The number of ether oxygens (including phenoxy) is 1. The molecule has 2 heterocycles. The highest BCUT2D eigenvalue weighted by Gasteiger charge is 2.29. The van der Waals surface area contributed by atoms with Crippen molar-refractivity contribution in [3.63, 3.8) is 0 Å². The molecule has 36 heavy (non-hydrogen) atoms. The quantitative estimate of drug-likeness (QED) is 0.490. The third-order valence-electron chi connectivity index (χ3n) is 7.28. The Kier molecular flexibility index (Phi) is 6.92. The van der Waals surface area contributed by atoms with Crippen LogP contribution in [0.25, 0.3) is 11.1 Å². The largest absolute Gasteiger partial charge is 0.494 e. The van der Waals surface area contributed by atoms with E-state index in [-0.39, 0.29) is 23.0 Å². The number of pyridine rings is 1. The lowest BCUT2D eigenvalue weighted by Gasteiger charge is -2.33. The number of benzene rings is 2. The zero-order valence-electron chi connectivity index (χ0n) is 20.6. The number of aromatic nitrogens is 1. The van der Waals surface area contributed by atoms with Crippen molar-refractivity contribution < 1.29 is 13.9 Å². The lowest BCUT2D eigenvalue weighted by molar-refractivity contribution is 0.0999. The van der Waals surface area contributed by atoms with Gasteiger partial charge in [-0.2, -0.15) is 0 Å². The monoisotopic (exact) mass is 489 g/mol. The lowest BCUT2D eigenvalue weighted by atomic mass is 9.93. The summed E-state index contributed by atoms with van der Waals surface area (Å²) in [5, 5.41) is 0. The average molecular weight is 490 g/mol. The maximum atomic E-state index is 13.5. The molecule has 2 fully saturated rings. The smallest absolute Gasteiger partial charge is 0.251 e. The molecule has 2 aliphatic rings. The Morgan fingerprint density at radius 2 is 1.78 bits per heavy atom. The number of carbonyl (C=O) groups excluding carboxylic acids is 1. The molecule has 0 bridgehead atoms. The molecule has 1 saturated heterocycles. The van der Waals surface area contributed by atoms with E-state index in [1.165, 1.54) is 42.2 Å². The fourth-order valence-electron chi connectivity index (χ4n) is 5.21. The zero-order valence-corrected chi connectivity index (χ0v) is 20.6. The molecule has 0 unspecified atom stereocenters. The first-order valence-electron chi connectivity index (χ1n) is 12.7.